The number of nitrogens with zero attached hydrogens (tertiary/aromatic N) is 4. The van der Waals surface area contributed by atoms with Gasteiger partial charge >= 0.3 is 0 Å². The van der Waals surface area contributed by atoms with Gasteiger partial charge in [-0.15, -0.1) is 0 Å². The monoisotopic (exact) mass is 716 g/mol. The van der Waals surface area contributed by atoms with Crippen molar-refractivity contribution in [3.8, 4) is 62.1 Å². The van der Waals surface area contributed by atoms with Crippen LogP contribution >= 0.6 is 0 Å². The second-order valence-corrected chi connectivity index (χ2v) is 14.0. The van der Waals surface area contributed by atoms with Crippen LogP contribution in [-0.2, 0) is 0 Å². The summed E-state index contributed by atoms with van der Waals surface area (Å²) >= 11 is 0. The molecule has 0 saturated carbocycles. The van der Waals surface area contributed by atoms with Crippen LogP contribution in [-0.4, -0.2) is 19.5 Å². The molecule has 0 aliphatic heterocycles. The lowest BCUT2D eigenvalue weighted by molar-refractivity contribution is 0.669. The molecule has 56 heavy (non-hydrogen) atoms. The molecular weight excluding hydrogens is 685 g/mol. The molecule has 0 spiro atoms. The number of hydrogen-bond acceptors (Lipinski definition) is 4. The van der Waals surface area contributed by atoms with Crippen LogP contribution in [0.2, 0.25) is 0 Å². The van der Waals surface area contributed by atoms with Gasteiger partial charge in [0.1, 0.15) is 11.2 Å². The van der Waals surface area contributed by atoms with Gasteiger partial charge in [-0.3, -0.25) is 0 Å². The van der Waals surface area contributed by atoms with Gasteiger partial charge in [-0.05, 0) is 64.7 Å². The average molecular weight is 717 g/mol. The molecule has 11 rings (SSSR count). The van der Waals surface area contributed by atoms with Gasteiger partial charge in [0, 0.05) is 43.9 Å². The molecule has 262 valence electrons. The average Bonchev–Trinajstić information content (AvgIpc) is 3.82. The highest BCUT2D eigenvalue weighted by Gasteiger charge is 2.18. The van der Waals surface area contributed by atoms with Crippen LogP contribution in [0, 0.1) is 0 Å². The first kappa shape index (κ1) is 31.9. The van der Waals surface area contributed by atoms with E-state index in [4.69, 9.17) is 19.4 Å². The zero-order chi connectivity index (χ0) is 37.0. The molecule has 3 aromatic heterocycles. The predicted molar refractivity (Wildman–Crippen MR) is 229 cm³/mol. The van der Waals surface area contributed by atoms with Gasteiger partial charge < -0.3 is 8.98 Å². The summed E-state index contributed by atoms with van der Waals surface area (Å²) < 4.78 is 8.99. The van der Waals surface area contributed by atoms with E-state index in [1.807, 2.05) is 66.7 Å². The molecule has 0 amide bonds. The summed E-state index contributed by atoms with van der Waals surface area (Å²) in [7, 11) is 0. The molecule has 5 heteroatoms. The molecule has 0 bridgehead atoms. The van der Waals surface area contributed by atoms with E-state index in [2.05, 4.69) is 132 Å². The summed E-state index contributed by atoms with van der Waals surface area (Å²) in [4.78, 5) is 14.8. The Morgan fingerprint density at radius 1 is 0.339 bits per heavy atom. The van der Waals surface area contributed by atoms with Crippen molar-refractivity contribution in [3.63, 3.8) is 0 Å². The number of fused-ring (bicyclic) bond motifs is 6. The third kappa shape index (κ3) is 5.37. The smallest absolute Gasteiger partial charge is 0.164 e. The Labute approximate surface area is 322 Å². The highest BCUT2D eigenvalue weighted by Crippen LogP contribution is 2.41. The van der Waals surface area contributed by atoms with Gasteiger partial charge in [0.05, 0.1) is 11.0 Å². The van der Waals surface area contributed by atoms with E-state index in [1.165, 1.54) is 27.4 Å². The fourth-order valence-electron chi connectivity index (χ4n) is 7.99. The topological polar surface area (TPSA) is 56.7 Å². The molecule has 0 N–H and O–H groups in total. The molecule has 0 atom stereocenters. The van der Waals surface area contributed by atoms with Crippen molar-refractivity contribution < 1.29 is 4.42 Å². The standard InChI is InChI=1S/C51H32N4O/c1-4-13-33(14-5-1)34-23-27-39(28-24-34)55-44-21-11-10-19-41(44)42-29-25-37(31-45(42)55)40-20-12-22-46-48(40)43-30-26-38(32-47(43)56-46)51-53-49(35-15-6-2-7-16-35)52-50(54-51)36-17-8-3-9-18-36/h1-32H. The number of rotatable bonds is 6. The van der Waals surface area contributed by atoms with Crippen LogP contribution in [0.15, 0.2) is 199 Å². The van der Waals surface area contributed by atoms with Crippen molar-refractivity contribution in [1.29, 1.82) is 0 Å². The molecule has 8 aromatic carbocycles. The molecule has 0 aliphatic carbocycles. The quantitative estimate of drug-likeness (QED) is 0.172. The SMILES string of the molecule is c1ccc(-c2ccc(-n3c4ccccc4c4ccc(-c5cccc6oc7cc(-c8nc(-c9ccccc9)nc(-c9ccccc9)n8)ccc7c56)cc43)cc2)cc1. The molecule has 0 fully saturated rings. The lowest BCUT2D eigenvalue weighted by Gasteiger charge is -2.11. The van der Waals surface area contributed by atoms with Crippen molar-refractivity contribution >= 4 is 43.7 Å². The van der Waals surface area contributed by atoms with E-state index in [9.17, 15) is 0 Å². The van der Waals surface area contributed by atoms with E-state index in [-0.39, 0.29) is 0 Å². The van der Waals surface area contributed by atoms with Crippen molar-refractivity contribution in [2.75, 3.05) is 0 Å². The normalized spacial score (nSPS) is 11.6. The molecule has 11 aromatic rings. The van der Waals surface area contributed by atoms with Crippen LogP contribution in [0.1, 0.15) is 0 Å². The van der Waals surface area contributed by atoms with Gasteiger partial charge in [0.15, 0.2) is 17.5 Å². The number of benzene rings is 8. The summed E-state index contributed by atoms with van der Waals surface area (Å²) in [6.45, 7) is 0. The first-order valence-corrected chi connectivity index (χ1v) is 18.8. The minimum Gasteiger partial charge on any atom is -0.456 e. The highest BCUT2D eigenvalue weighted by molar-refractivity contribution is 6.15. The predicted octanol–water partition coefficient (Wildman–Crippen LogP) is 13.2. The van der Waals surface area contributed by atoms with Crippen LogP contribution in [0.4, 0.5) is 0 Å². The van der Waals surface area contributed by atoms with E-state index >= 15 is 0 Å². The summed E-state index contributed by atoms with van der Waals surface area (Å²) in [6.07, 6.45) is 0. The van der Waals surface area contributed by atoms with Gasteiger partial charge in [-0.25, -0.2) is 15.0 Å². The fourth-order valence-corrected chi connectivity index (χ4v) is 7.99. The Balaban J connectivity index is 1.04. The zero-order valence-electron chi connectivity index (χ0n) is 30.2. The Morgan fingerprint density at radius 3 is 1.57 bits per heavy atom. The Bertz CT molecular complexity index is 3160. The third-order valence-electron chi connectivity index (χ3n) is 10.7. The van der Waals surface area contributed by atoms with Crippen molar-refractivity contribution in [2.45, 2.75) is 0 Å². The fraction of sp³-hybridized carbons (Fsp3) is 0. The summed E-state index contributed by atoms with van der Waals surface area (Å²) in [5.41, 5.74) is 12.4. The first-order valence-electron chi connectivity index (χ1n) is 18.8. The summed E-state index contributed by atoms with van der Waals surface area (Å²) in [6, 6.07) is 67.6. The third-order valence-corrected chi connectivity index (χ3v) is 10.7. The van der Waals surface area contributed by atoms with Crippen molar-refractivity contribution in [2.24, 2.45) is 0 Å². The van der Waals surface area contributed by atoms with Gasteiger partial charge in [-0.2, -0.15) is 0 Å². The lowest BCUT2D eigenvalue weighted by Crippen LogP contribution is -2.00. The van der Waals surface area contributed by atoms with Crippen LogP contribution in [0.3, 0.4) is 0 Å². The maximum absolute atomic E-state index is 6.61. The molecule has 0 radical (unpaired) electrons. The maximum Gasteiger partial charge on any atom is 0.164 e. The number of para-hydroxylation sites is 1. The lowest BCUT2D eigenvalue weighted by atomic mass is 9.98. The second-order valence-electron chi connectivity index (χ2n) is 14.0. The zero-order valence-corrected chi connectivity index (χ0v) is 30.2. The second kappa shape index (κ2) is 13.0. The number of furan rings is 1. The van der Waals surface area contributed by atoms with E-state index in [1.54, 1.807) is 0 Å². The molecule has 0 unspecified atom stereocenters. The number of hydrogen-bond donors (Lipinski definition) is 0. The van der Waals surface area contributed by atoms with E-state index < -0.39 is 0 Å². The highest BCUT2D eigenvalue weighted by atomic mass is 16.3. The minimum absolute atomic E-state index is 0.593. The largest absolute Gasteiger partial charge is 0.456 e. The molecule has 0 aliphatic rings. The Hall–Kier alpha value is -7.63. The van der Waals surface area contributed by atoms with Crippen molar-refractivity contribution in [1.82, 2.24) is 19.5 Å². The van der Waals surface area contributed by atoms with Crippen LogP contribution in [0.5, 0.6) is 0 Å². The van der Waals surface area contributed by atoms with Gasteiger partial charge in [-0.1, -0.05) is 152 Å². The van der Waals surface area contributed by atoms with E-state index in [0.29, 0.717) is 17.5 Å². The minimum atomic E-state index is 0.593. The maximum atomic E-state index is 6.61. The summed E-state index contributed by atoms with van der Waals surface area (Å²) in [5, 5.41) is 4.56. The van der Waals surface area contributed by atoms with Gasteiger partial charge in [0.2, 0.25) is 0 Å². The molecule has 3 heterocycles. The Morgan fingerprint density at radius 2 is 0.875 bits per heavy atom. The van der Waals surface area contributed by atoms with Crippen molar-refractivity contribution in [3.05, 3.63) is 194 Å². The number of aromatic nitrogens is 4. The molecule has 0 saturated heterocycles. The van der Waals surface area contributed by atoms with E-state index in [0.717, 1.165) is 61.0 Å². The Kier molecular flexibility index (Phi) is 7.42. The summed E-state index contributed by atoms with van der Waals surface area (Å²) in [5.74, 6) is 1.85. The van der Waals surface area contributed by atoms with Crippen LogP contribution in [0.25, 0.3) is 106 Å². The van der Waals surface area contributed by atoms with Gasteiger partial charge in [0.25, 0.3) is 0 Å². The first-order chi connectivity index (χ1) is 27.7. The van der Waals surface area contributed by atoms with Crippen LogP contribution < -0.4 is 0 Å². The molecular formula is C51H32N4O. The molecule has 5 nitrogen and oxygen atoms in total.